The van der Waals surface area contributed by atoms with Crippen LogP contribution >= 0.6 is 0 Å². The molecule has 230 valence electrons. The van der Waals surface area contributed by atoms with Crippen molar-refractivity contribution in [1.29, 1.82) is 0 Å². The third-order valence-corrected chi connectivity index (χ3v) is 9.74. The minimum Gasteiger partial charge on any atom is -0.455 e. The molecule has 0 unspecified atom stereocenters. The second-order valence-electron chi connectivity index (χ2n) is 12.6. The van der Waals surface area contributed by atoms with Crippen LogP contribution in [0.25, 0.3) is 65.0 Å². The first-order chi connectivity index (χ1) is 24.3. The first-order valence-electron chi connectivity index (χ1n) is 16.7. The highest BCUT2D eigenvalue weighted by molar-refractivity contribution is 6.30. The summed E-state index contributed by atoms with van der Waals surface area (Å²) in [5.41, 5.74) is 7.09. The Kier molecular flexibility index (Phi) is 6.18. The molecule has 0 atom stereocenters. The van der Waals surface area contributed by atoms with Gasteiger partial charge in [-0.3, -0.25) is 0 Å². The van der Waals surface area contributed by atoms with E-state index in [-0.39, 0.29) is 0 Å². The van der Waals surface area contributed by atoms with Gasteiger partial charge in [0.15, 0.2) is 0 Å². The number of hydrogen-bond acceptors (Lipinski definition) is 3. The third kappa shape index (κ3) is 4.51. The van der Waals surface area contributed by atoms with E-state index < -0.39 is 0 Å². The molecule has 0 amide bonds. The lowest BCUT2D eigenvalue weighted by molar-refractivity contribution is 0.673. The number of nitrogens with one attached hydrogen (secondary N) is 1. The molecule has 0 bridgehead atoms. The number of anilines is 5. The maximum Gasteiger partial charge on any atom is 0.143 e. The standard InChI is InChI=1S/C46H30N2O/c1-2-12-32(13-3-1)47-33-14-10-15-34(28-33)48(35-23-25-38-31(27-35)22-21-30-11-4-5-16-37(30)38)36-24-26-40-39-17-6-7-18-41(39)45-42-19-8-9-20-44(42)49-46(45)43(40)29-36/h1-29,47H. The molecule has 10 aromatic rings. The fourth-order valence-corrected chi connectivity index (χ4v) is 7.53. The summed E-state index contributed by atoms with van der Waals surface area (Å²) in [6.45, 7) is 0. The van der Waals surface area contributed by atoms with Crippen molar-refractivity contribution in [2.24, 2.45) is 0 Å². The van der Waals surface area contributed by atoms with Crippen LogP contribution in [0.1, 0.15) is 0 Å². The number of fused-ring (bicyclic) bond motifs is 11. The average Bonchev–Trinajstić information content (AvgIpc) is 3.56. The third-order valence-electron chi connectivity index (χ3n) is 9.74. The molecule has 0 aliphatic heterocycles. The van der Waals surface area contributed by atoms with Crippen molar-refractivity contribution in [1.82, 2.24) is 0 Å². The summed E-state index contributed by atoms with van der Waals surface area (Å²) in [5, 5.41) is 15.6. The van der Waals surface area contributed by atoms with E-state index >= 15 is 0 Å². The Hall–Kier alpha value is -6.58. The summed E-state index contributed by atoms with van der Waals surface area (Å²) >= 11 is 0. The number of rotatable bonds is 5. The zero-order chi connectivity index (χ0) is 32.3. The Morgan fingerprint density at radius 1 is 0.367 bits per heavy atom. The van der Waals surface area contributed by atoms with Crippen LogP contribution in [0.15, 0.2) is 180 Å². The van der Waals surface area contributed by atoms with Crippen LogP contribution in [0.4, 0.5) is 28.4 Å². The van der Waals surface area contributed by atoms with Gasteiger partial charge in [-0.2, -0.15) is 0 Å². The molecule has 0 spiro atoms. The van der Waals surface area contributed by atoms with E-state index in [0.717, 1.165) is 55.8 Å². The van der Waals surface area contributed by atoms with E-state index in [1.807, 2.05) is 12.1 Å². The number of benzene rings is 9. The van der Waals surface area contributed by atoms with Gasteiger partial charge in [0.1, 0.15) is 11.2 Å². The van der Waals surface area contributed by atoms with E-state index in [4.69, 9.17) is 4.42 Å². The molecule has 3 heteroatoms. The molecule has 0 fully saturated rings. The van der Waals surface area contributed by atoms with Crippen molar-refractivity contribution in [2.75, 3.05) is 10.2 Å². The summed E-state index contributed by atoms with van der Waals surface area (Å²) in [6.07, 6.45) is 0. The van der Waals surface area contributed by atoms with E-state index in [9.17, 15) is 0 Å². The van der Waals surface area contributed by atoms with Gasteiger partial charge in [0, 0.05) is 44.6 Å². The summed E-state index contributed by atoms with van der Waals surface area (Å²) in [7, 11) is 0. The van der Waals surface area contributed by atoms with Crippen molar-refractivity contribution in [3.63, 3.8) is 0 Å². The molecule has 49 heavy (non-hydrogen) atoms. The average molecular weight is 627 g/mol. The Morgan fingerprint density at radius 2 is 0.980 bits per heavy atom. The van der Waals surface area contributed by atoms with Gasteiger partial charge in [-0.15, -0.1) is 0 Å². The highest BCUT2D eigenvalue weighted by Gasteiger charge is 2.19. The smallest absolute Gasteiger partial charge is 0.143 e. The molecule has 1 N–H and O–H groups in total. The molecule has 9 aromatic carbocycles. The number of hydrogen-bond donors (Lipinski definition) is 1. The lowest BCUT2D eigenvalue weighted by Gasteiger charge is -2.27. The molecule has 3 nitrogen and oxygen atoms in total. The second kappa shape index (κ2) is 11.0. The van der Waals surface area contributed by atoms with Gasteiger partial charge in [0.05, 0.1) is 0 Å². The minimum absolute atomic E-state index is 0.902. The highest BCUT2D eigenvalue weighted by Crippen LogP contribution is 2.44. The molecule has 0 aliphatic rings. The minimum atomic E-state index is 0.902. The maximum atomic E-state index is 6.68. The fourth-order valence-electron chi connectivity index (χ4n) is 7.53. The van der Waals surface area contributed by atoms with Crippen LogP contribution in [0, 0.1) is 0 Å². The Bertz CT molecular complexity index is 2870. The lowest BCUT2D eigenvalue weighted by atomic mass is 9.96. The van der Waals surface area contributed by atoms with Gasteiger partial charge >= 0.3 is 0 Å². The number of para-hydroxylation sites is 2. The van der Waals surface area contributed by atoms with E-state index in [1.54, 1.807) is 0 Å². The van der Waals surface area contributed by atoms with Crippen LogP contribution in [0.3, 0.4) is 0 Å². The zero-order valence-corrected chi connectivity index (χ0v) is 26.6. The molecule has 0 radical (unpaired) electrons. The first-order valence-corrected chi connectivity index (χ1v) is 16.7. The SMILES string of the molecule is c1ccc(Nc2cccc(N(c3ccc4c(ccc5ccccc54)c3)c3ccc4c5ccccc5c5c6ccccc6oc5c4c3)c2)cc1. The molecule has 0 saturated carbocycles. The van der Waals surface area contributed by atoms with Gasteiger partial charge in [0.25, 0.3) is 0 Å². The fraction of sp³-hybridized carbons (Fsp3) is 0. The first kappa shape index (κ1) is 27.5. The van der Waals surface area contributed by atoms with Crippen molar-refractivity contribution < 1.29 is 4.42 Å². The molecule has 10 rings (SSSR count). The van der Waals surface area contributed by atoms with Gasteiger partial charge in [-0.1, -0.05) is 115 Å². The highest BCUT2D eigenvalue weighted by atomic mass is 16.3. The Balaban J connectivity index is 1.22. The summed E-state index contributed by atoms with van der Waals surface area (Å²) in [4.78, 5) is 2.36. The molecule has 0 aliphatic carbocycles. The largest absolute Gasteiger partial charge is 0.455 e. The molecule has 1 aromatic heterocycles. The summed E-state index contributed by atoms with van der Waals surface area (Å²) < 4.78 is 6.68. The zero-order valence-electron chi connectivity index (χ0n) is 26.6. The monoisotopic (exact) mass is 626 g/mol. The van der Waals surface area contributed by atoms with Gasteiger partial charge < -0.3 is 14.6 Å². The predicted molar refractivity (Wildman–Crippen MR) is 208 cm³/mol. The Morgan fingerprint density at radius 3 is 1.86 bits per heavy atom. The van der Waals surface area contributed by atoms with E-state index in [1.165, 1.54) is 37.7 Å². The van der Waals surface area contributed by atoms with Crippen LogP contribution in [-0.2, 0) is 0 Å². The summed E-state index contributed by atoms with van der Waals surface area (Å²) in [5.74, 6) is 0. The van der Waals surface area contributed by atoms with Crippen molar-refractivity contribution in [2.45, 2.75) is 0 Å². The van der Waals surface area contributed by atoms with Crippen LogP contribution in [0.2, 0.25) is 0 Å². The normalized spacial score (nSPS) is 11.7. The van der Waals surface area contributed by atoms with Gasteiger partial charge in [-0.25, -0.2) is 0 Å². The molecule has 0 saturated heterocycles. The number of nitrogens with zero attached hydrogens (tertiary/aromatic N) is 1. The lowest BCUT2D eigenvalue weighted by Crippen LogP contribution is -2.10. The van der Waals surface area contributed by atoms with Crippen molar-refractivity contribution in [3.05, 3.63) is 176 Å². The van der Waals surface area contributed by atoms with Crippen LogP contribution in [0.5, 0.6) is 0 Å². The molecule has 1 heterocycles. The van der Waals surface area contributed by atoms with Crippen LogP contribution in [-0.4, -0.2) is 0 Å². The topological polar surface area (TPSA) is 28.4 Å². The van der Waals surface area contributed by atoms with E-state index in [2.05, 4.69) is 174 Å². The van der Waals surface area contributed by atoms with Crippen molar-refractivity contribution >= 4 is 93.5 Å². The van der Waals surface area contributed by atoms with Crippen molar-refractivity contribution in [3.8, 4) is 0 Å². The Labute approximate surface area is 283 Å². The number of furan rings is 1. The van der Waals surface area contributed by atoms with Gasteiger partial charge in [-0.05, 0) is 98.4 Å². The van der Waals surface area contributed by atoms with E-state index in [0.29, 0.717) is 0 Å². The predicted octanol–water partition coefficient (Wildman–Crippen LogP) is 13.4. The second-order valence-corrected chi connectivity index (χ2v) is 12.6. The van der Waals surface area contributed by atoms with Gasteiger partial charge in [0.2, 0.25) is 0 Å². The molecular weight excluding hydrogens is 597 g/mol. The quantitative estimate of drug-likeness (QED) is 0.193. The maximum absolute atomic E-state index is 6.68. The molecular formula is C46H30N2O. The summed E-state index contributed by atoms with van der Waals surface area (Å²) in [6, 6.07) is 62.7. The van der Waals surface area contributed by atoms with Crippen LogP contribution < -0.4 is 10.2 Å².